The van der Waals surface area contributed by atoms with E-state index in [0.29, 0.717) is 16.1 Å². The average Bonchev–Trinajstić information content (AvgIpc) is 3.70. The summed E-state index contributed by atoms with van der Waals surface area (Å²) in [6.45, 7) is 1.98. The van der Waals surface area contributed by atoms with Crippen LogP contribution in [-0.4, -0.2) is 34.5 Å². The zero-order valence-electron chi connectivity index (χ0n) is 21.8. The van der Waals surface area contributed by atoms with Gasteiger partial charge < -0.3 is 10.2 Å². The van der Waals surface area contributed by atoms with Crippen molar-refractivity contribution in [3.05, 3.63) is 128 Å². The topological polar surface area (TPSA) is 110 Å². The van der Waals surface area contributed by atoms with Crippen molar-refractivity contribution in [1.82, 2.24) is 0 Å². The van der Waals surface area contributed by atoms with Gasteiger partial charge in [0, 0.05) is 34.6 Å². The van der Waals surface area contributed by atoms with E-state index in [1.165, 1.54) is 35.6 Å². The summed E-state index contributed by atoms with van der Waals surface area (Å²) < 4.78 is 0. The van der Waals surface area contributed by atoms with Crippen LogP contribution >= 0.6 is 11.3 Å². The molecular formula is C32H23N3O5S. The third kappa shape index (κ3) is 3.42. The Kier molecular flexibility index (Phi) is 5.55. The van der Waals surface area contributed by atoms with E-state index in [-0.39, 0.29) is 28.7 Å². The van der Waals surface area contributed by atoms with Gasteiger partial charge in [0.1, 0.15) is 11.5 Å². The number of nitrogens with zero attached hydrogens (tertiary/aromatic N) is 2. The minimum absolute atomic E-state index is 0.139. The maximum absolute atomic E-state index is 14.6. The first-order valence-corrected chi connectivity index (χ1v) is 14.1. The van der Waals surface area contributed by atoms with Gasteiger partial charge in [-0.2, -0.15) is 0 Å². The Morgan fingerprint density at radius 3 is 2.41 bits per heavy atom. The fourth-order valence-electron chi connectivity index (χ4n) is 6.88. The molecule has 3 aromatic carbocycles. The van der Waals surface area contributed by atoms with Crippen LogP contribution in [0.4, 0.5) is 17.1 Å². The summed E-state index contributed by atoms with van der Waals surface area (Å²) in [4.78, 5) is 56.7. The number of benzene rings is 3. The lowest BCUT2D eigenvalue weighted by Crippen LogP contribution is -2.51. The highest BCUT2D eigenvalue weighted by molar-refractivity contribution is 7.12. The summed E-state index contributed by atoms with van der Waals surface area (Å²) in [6.07, 6.45) is 2.00. The summed E-state index contributed by atoms with van der Waals surface area (Å²) >= 11 is 1.28. The quantitative estimate of drug-likeness (QED) is 0.185. The van der Waals surface area contributed by atoms with E-state index >= 15 is 0 Å². The zero-order valence-corrected chi connectivity index (χ0v) is 22.6. The van der Waals surface area contributed by atoms with Crippen molar-refractivity contribution in [2.24, 2.45) is 5.92 Å². The highest BCUT2D eigenvalue weighted by Gasteiger charge is 2.70. The number of anilines is 2. The molecule has 7 rings (SSSR count). The van der Waals surface area contributed by atoms with Gasteiger partial charge in [0.05, 0.1) is 21.8 Å². The number of rotatable bonds is 5. The first-order valence-electron chi connectivity index (χ1n) is 13.2. The predicted molar refractivity (Wildman–Crippen MR) is 156 cm³/mol. The molecule has 0 radical (unpaired) electrons. The number of hydrogen-bond donors (Lipinski definition) is 1. The van der Waals surface area contributed by atoms with Gasteiger partial charge in [-0.05, 0) is 53.8 Å². The molecule has 1 N–H and O–H groups in total. The number of Topliss-reactive ketones (excluding diaryl/α,β-unsaturated/α-hetero) is 2. The van der Waals surface area contributed by atoms with Gasteiger partial charge in [-0.25, -0.2) is 0 Å². The van der Waals surface area contributed by atoms with Gasteiger partial charge in [0.15, 0.2) is 11.6 Å². The molecule has 3 aliphatic rings. The Morgan fingerprint density at radius 2 is 1.68 bits per heavy atom. The molecule has 0 bridgehead atoms. The first kappa shape index (κ1) is 25.1. The molecule has 0 unspecified atom stereocenters. The van der Waals surface area contributed by atoms with E-state index in [1.807, 2.05) is 66.4 Å². The summed E-state index contributed by atoms with van der Waals surface area (Å²) in [5, 5.41) is 16.1. The van der Waals surface area contributed by atoms with Crippen molar-refractivity contribution in [3.8, 4) is 0 Å². The number of nitro benzene ring substituents is 1. The van der Waals surface area contributed by atoms with E-state index in [4.69, 9.17) is 0 Å². The second-order valence-corrected chi connectivity index (χ2v) is 11.5. The summed E-state index contributed by atoms with van der Waals surface area (Å²) in [5.74, 6) is -2.07. The molecule has 1 fully saturated rings. The maximum Gasteiger partial charge on any atom is 0.269 e. The van der Waals surface area contributed by atoms with E-state index in [0.717, 1.165) is 16.8 Å². The van der Waals surface area contributed by atoms with E-state index in [1.54, 1.807) is 17.5 Å². The number of carbonyl (C=O) groups excluding carboxylic acids is 3. The van der Waals surface area contributed by atoms with Crippen LogP contribution in [0.2, 0.25) is 0 Å². The fourth-order valence-corrected chi connectivity index (χ4v) is 7.58. The number of nitrogens with one attached hydrogen (secondary N) is 1. The number of nitro groups is 1. The highest BCUT2D eigenvalue weighted by Crippen LogP contribution is 2.59. The summed E-state index contributed by atoms with van der Waals surface area (Å²) in [5.41, 5.74) is 2.62. The number of fused-ring (bicyclic) bond motifs is 6. The molecule has 1 saturated heterocycles. The van der Waals surface area contributed by atoms with E-state index < -0.39 is 28.3 Å². The lowest BCUT2D eigenvalue weighted by atomic mass is 9.64. The predicted octanol–water partition coefficient (Wildman–Crippen LogP) is 5.90. The average molecular weight is 562 g/mol. The number of ketones is 2. The molecular weight excluding hydrogens is 538 g/mol. The Hall–Kier alpha value is -4.89. The lowest BCUT2D eigenvalue weighted by molar-refractivity contribution is -0.384. The minimum atomic E-state index is -1.40. The number of hydrogen-bond acceptors (Lipinski definition) is 7. The smallest absolute Gasteiger partial charge is 0.269 e. The molecule has 0 saturated carbocycles. The molecule has 202 valence electrons. The van der Waals surface area contributed by atoms with Gasteiger partial charge in [-0.1, -0.05) is 48.5 Å². The van der Waals surface area contributed by atoms with Crippen molar-refractivity contribution >= 4 is 51.4 Å². The normalized spacial score (nSPS) is 23.8. The van der Waals surface area contributed by atoms with Gasteiger partial charge in [0.2, 0.25) is 5.91 Å². The minimum Gasteiger partial charge on any atom is -0.352 e. The van der Waals surface area contributed by atoms with Crippen molar-refractivity contribution in [2.45, 2.75) is 24.4 Å². The fraction of sp³-hybridized carbons (Fsp3) is 0.156. The van der Waals surface area contributed by atoms with Gasteiger partial charge in [-0.3, -0.25) is 24.5 Å². The molecule has 8 nitrogen and oxygen atoms in total. The molecule has 4 aromatic rings. The first-order chi connectivity index (χ1) is 19.8. The molecule has 1 spiro atoms. The van der Waals surface area contributed by atoms with E-state index in [9.17, 15) is 24.5 Å². The third-order valence-corrected chi connectivity index (χ3v) is 9.45. The maximum atomic E-state index is 14.6. The van der Waals surface area contributed by atoms with Crippen molar-refractivity contribution in [1.29, 1.82) is 0 Å². The van der Waals surface area contributed by atoms with Gasteiger partial charge >= 0.3 is 0 Å². The summed E-state index contributed by atoms with van der Waals surface area (Å²) in [6, 6.07) is 22.3. The monoisotopic (exact) mass is 561 g/mol. The molecule has 3 aliphatic heterocycles. The van der Waals surface area contributed by atoms with Crippen molar-refractivity contribution < 1.29 is 19.3 Å². The van der Waals surface area contributed by atoms with Crippen molar-refractivity contribution in [3.63, 3.8) is 0 Å². The molecule has 1 amide bonds. The molecule has 4 atom stereocenters. The largest absolute Gasteiger partial charge is 0.352 e. The highest BCUT2D eigenvalue weighted by atomic mass is 32.1. The van der Waals surface area contributed by atoms with Crippen LogP contribution in [-0.2, 0) is 10.2 Å². The molecule has 1 aromatic heterocycles. The molecule has 4 heterocycles. The van der Waals surface area contributed by atoms with Crippen LogP contribution in [0.1, 0.15) is 38.1 Å². The lowest BCUT2D eigenvalue weighted by Gasteiger charge is -2.39. The number of carbonyl (C=O) groups is 3. The molecule has 9 heteroatoms. The van der Waals surface area contributed by atoms with Gasteiger partial charge in [-0.15, -0.1) is 11.3 Å². The van der Waals surface area contributed by atoms with E-state index in [2.05, 4.69) is 5.32 Å². The Labute approximate surface area is 239 Å². The number of amides is 1. The molecule has 0 aliphatic carbocycles. The van der Waals surface area contributed by atoms with Gasteiger partial charge in [0.25, 0.3) is 5.69 Å². The van der Waals surface area contributed by atoms with Crippen LogP contribution in [0.25, 0.3) is 5.57 Å². The second kappa shape index (κ2) is 9.07. The molecule has 41 heavy (non-hydrogen) atoms. The zero-order chi connectivity index (χ0) is 28.5. The second-order valence-electron chi connectivity index (χ2n) is 10.5. The van der Waals surface area contributed by atoms with Crippen LogP contribution in [0, 0.1) is 16.0 Å². The number of para-hydroxylation sites is 2. The third-order valence-electron chi connectivity index (χ3n) is 8.56. The van der Waals surface area contributed by atoms with Crippen LogP contribution in [0.5, 0.6) is 0 Å². The van der Waals surface area contributed by atoms with Crippen LogP contribution in [0.15, 0.2) is 96.4 Å². The number of thiophene rings is 1. The van der Waals surface area contributed by atoms with Crippen LogP contribution in [0.3, 0.4) is 0 Å². The standard InChI is InChI=1S/C32H23N3O5S/c1-18-17-26-32(22-8-3-4-9-23(22)33-31(32)38)27(30(37)25-11-6-16-41-25)28(34(26)24-10-5-2-7-21(18)24)29(36)19-12-14-20(15-13-19)35(39)40/h2-17,26-28H,1H3,(H,33,38)/t26-,27-,28+,32+/m0/s1. The summed E-state index contributed by atoms with van der Waals surface area (Å²) in [7, 11) is 0. The Bertz CT molecular complexity index is 1800. The Balaban J connectivity index is 1.53. The number of allylic oxidation sites excluding steroid dienone is 1. The SMILES string of the molecule is CC1=C[C@@H]2N(c3ccccc31)[C@@H](C(=O)c1ccc([N+](=O)[O-])cc1)[C@@H](C(=O)c1cccs1)[C@]21C(=O)Nc2ccccc21. The number of non-ortho nitro benzene ring substituents is 1. The Morgan fingerprint density at radius 1 is 0.951 bits per heavy atom. The van der Waals surface area contributed by atoms with Crippen molar-refractivity contribution in [2.75, 3.05) is 10.2 Å². The van der Waals surface area contributed by atoms with Crippen LogP contribution < -0.4 is 10.2 Å².